The van der Waals surface area contributed by atoms with Gasteiger partial charge in [0.25, 0.3) is 0 Å². The number of carbonyl (C=O) groups excluding carboxylic acids is 2. The Balaban J connectivity index is 0.686. The van der Waals surface area contributed by atoms with Gasteiger partial charge in [-0.05, 0) is 105 Å². The van der Waals surface area contributed by atoms with Crippen LogP contribution >= 0.6 is 0 Å². The van der Waals surface area contributed by atoms with Crippen LogP contribution in [0.25, 0.3) is 11.0 Å². The number of benzene rings is 3. The van der Waals surface area contributed by atoms with Gasteiger partial charge in [0, 0.05) is 88.9 Å². The van der Waals surface area contributed by atoms with Crippen LogP contribution in [-0.4, -0.2) is 123 Å². The first-order valence-corrected chi connectivity index (χ1v) is 24.6. The normalized spacial score (nSPS) is 21.4. The third kappa shape index (κ3) is 8.84. The highest BCUT2D eigenvalue weighted by atomic mass is 32.2. The maximum Gasteiger partial charge on any atom is 0.234 e. The fraction of sp³-hybridized carbons (Fsp3) is 0.447. The quantitative estimate of drug-likeness (QED) is 0.110. The first-order chi connectivity index (χ1) is 31.0. The fourth-order valence-corrected chi connectivity index (χ4v) is 11.4. The van der Waals surface area contributed by atoms with Gasteiger partial charge in [-0.1, -0.05) is 24.3 Å². The van der Waals surface area contributed by atoms with Gasteiger partial charge in [0.2, 0.25) is 27.8 Å². The van der Waals surface area contributed by atoms with Gasteiger partial charge in [0.05, 0.1) is 34.6 Å². The molecule has 5 aliphatic rings. The Hall–Kier alpha value is -5.78. The molecule has 64 heavy (non-hydrogen) atoms. The minimum atomic E-state index is -3.46. The van der Waals surface area contributed by atoms with Crippen LogP contribution in [0.3, 0.4) is 0 Å². The Kier molecular flexibility index (Phi) is 11.6. The van der Waals surface area contributed by atoms with Gasteiger partial charge in [-0.2, -0.15) is 9.97 Å². The minimum Gasteiger partial charge on any atom is -0.371 e. The number of hydrogen-bond acceptors (Lipinski definition) is 12. The van der Waals surface area contributed by atoms with E-state index in [1.54, 1.807) is 6.20 Å². The summed E-state index contributed by atoms with van der Waals surface area (Å²) in [4.78, 5) is 46.3. The Bertz CT molecular complexity index is 2640. The Morgan fingerprint density at radius 3 is 2.39 bits per heavy atom. The summed E-state index contributed by atoms with van der Waals surface area (Å²) in [6, 6.07) is 21.6. The molecule has 0 spiro atoms. The number of nitrogens with one attached hydrogen (secondary N) is 4. The molecule has 5 aliphatic heterocycles. The summed E-state index contributed by atoms with van der Waals surface area (Å²) in [5.74, 6) is 0.518. The Morgan fingerprint density at radius 2 is 1.62 bits per heavy atom. The summed E-state index contributed by atoms with van der Waals surface area (Å²) in [7, 11) is -3.46. The summed E-state index contributed by atoms with van der Waals surface area (Å²) >= 11 is 0. The van der Waals surface area contributed by atoms with E-state index >= 15 is 4.39 Å². The number of aromatic amines is 1. The molecule has 4 saturated heterocycles. The highest BCUT2D eigenvalue weighted by Crippen LogP contribution is 2.40. The van der Waals surface area contributed by atoms with E-state index in [0.29, 0.717) is 72.0 Å². The number of nitrogens with zero attached hydrogens (tertiary/aromatic N) is 7. The number of sulfonamides is 1. The molecule has 2 aromatic heterocycles. The fourth-order valence-electron chi connectivity index (χ4n) is 10.5. The second kappa shape index (κ2) is 17.7. The molecule has 3 aromatic carbocycles. The monoisotopic (exact) mass is 889 g/mol. The second-order valence-electron chi connectivity index (χ2n) is 18.0. The van der Waals surface area contributed by atoms with Crippen LogP contribution in [0.5, 0.6) is 0 Å². The number of piperazine rings is 1. The van der Waals surface area contributed by atoms with E-state index in [9.17, 15) is 18.0 Å². The number of hydrogen-bond donors (Lipinski definition) is 4. The number of anilines is 7. The number of amides is 2. The van der Waals surface area contributed by atoms with Gasteiger partial charge >= 0.3 is 0 Å². The molecule has 0 radical (unpaired) electrons. The largest absolute Gasteiger partial charge is 0.371 e. The zero-order chi connectivity index (χ0) is 44.0. The summed E-state index contributed by atoms with van der Waals surface area (Å²) in [6.45, 7) is 9.50. The van der Waals surface area contributed by atoms with Crippen molar-refractivity contribution in [1.82, 2.24) is 30.1 Å². The molecule has 0 aliphatic carbocycles. The van der Waals surface area contributed by atoms with Gasteiger partial charge < -0.3 is 30.3 Å². The van der Waals surface area contributed by atoms with Crippen LogP contribution < -0.4 is 30.1 Å². The number of para-hydroxylation sites is 1. The zero-order valence-corrected chi connectivity index (χ0v) is 37.0. The maximum atomic E-state index is 15.8. The van der Waals surface area contributed by atoms with Crippen LogP contribution in [0.15, 0.2) is 72.9 Å². The zero-order valence-electron chi connectivity index (χ0n) is 36.2. The highest BCUT2D eigenvalue weighted by Gasteiger charge is 2.32. The third-order valence-electron chi connectivity index (χ3n) is 14.0. The van der Waals surface area contributed by atoms with Crippen molar-refractivity contribution >= 4 is 73.1 Å². The Morgan fingerprint density at radius 1 is 0.828 bits per heavy atom. The molecule has 336 valence electrons. The highest BCUT2D eigenvalue weighted by molar-refractivity contribution is 7.92. The van der Waals surface area contributed by atoms with Crippen molar-refractivity contribution in [3.8, 4) is 0 Å². The van der Waals surface area contributed by atoms with Gasteiger partial charge in [-0.3, -0.25) is 24.1 Å². The molecule has 7 heterocycles. The number of piperidine rings is 2. The smallest absolute Gasteiger partial charge is 0.234 e. The van der Waals surface area contributed by atoms with E-state index in [-0.39, 0.29) is 29.5 Å². The van der Waals surface area contributed by atoms with Gasteiger partial charge in [0.1, 0.15) is 17.3 Å². The summed E-state index contributed by atoms with van der Waals surface area (Å²) in [6.07, 6.45) is 8.97. The Labute approximate surface area is 373 Å². The van der Waals surface area contributed by atoms with Crippen LogP contribution in [0.2, 0.25) is 0 Å². The number of imide groups is 1. The molecule has 15 nitrogen and oxygen atoms in total. The molecule has 2 unspecified atom stereocenters. The predicted octanol–water partition coefficient (Wildman–Crippen LogP) is 5.93. The molecule has 17 heteroatoms. The summed E-state index contributed by atoms with van der Waals surface area (Å²) < 4.78 is 42.5. The van der Waals surface area contributed by atoms with Gasteiger partial charge in [0.15, 0.2) is 0 Å². The van der Waals surface area contributed by atoms with E-state index in [1.807, 2.05) is 36.4 Å². The van der Waals surface area contributed by atoms with Crippen LogP contribution in [0.1, 0.15) is 55.6 Å². The number of carbonyl (C=O) groups is 2. The topological polar surface area (TPSA) is 162 Å². The lowest BCUT2D eigenvalue weighted by Crippen LogP contribution is -2.53. The predicted molar refractivity (Wildman–Crippen MR) is 249 cm³/mol. The second-order valence-corrected chi connectivity index (χ2v) is 19.9. The summed E-state index contributed by atoms with van der Waals surface area (Å²) in [5, 5.41) is 9.77. The molecule has 10 rings (SSSR count). The number of fused-ring (bicyclic) bond motifs is 2. The van der Waals surface area contributed by atoms with E-state index in [0.717, 1.165) is 88.3 Å². The van der Waals surface area contributed by atoms with Crippen molar-refractivity contribution in [2.24, 2.45) is 5.92 Å². The van der Waals surface area contributed by atoms with Crippen molar-refractivity contribution in [3.05, 3.63) is 89.9 Å². The van der Waals surface area contributed by atoms with E-state index < -0.39 is 10.0 Å². The number of halogens is 1. The molecule has 0 saturated carbocycles. The SMILES string of the molecule is CS(=O)(=O)N1CCc2cccc(Nc3nc(Nc4ccc(N5CCC(N6CCN(CCC7CCN(c8ccc(C9CCC(=O)NC9=O)cc8)C7)CC6)CC5)c(F)c4)nc4[nH]ccc34)c21. The lowest BCUT2D eigenvalue weighted by molar-refractivity contribution is -0.134. The van der Waals surface area contributed by atoms with Crippen molar-refractivity contribution < 1.29 is 22.4 Å². The van der Waals surface area contributed by atoms with E-state index in [4.69, 9.17) is 4.98 Å². The average molecular weight is 890 g/mol. The lowest BCUT2D eigenvalue weighted by atomic mass is 9.90. The first-order valence-electron chi connectivity index (χ1n) is 22.7. The molecular formula is C47H56FN11O4S. The van der Waals surface area contributed by atoms with Crippen molar-refractivity contribution in [2.45, 2.75) is 56.9 Å². The molecule has 5 aromatic rings. The van der Waals surface area contributed by atoms with Crippen LogP contribution in [-0.2, 0) is 26.0 Å². The number of rotatable bonds is 12. The van der Waals surface area contributed by atoms with Crippen molar-refractivity contribution in [2.75, 3.05) is 96.4 Å². The molecule has 4 fully saturated rings. The first kappa shape index (κ1) is 42.2. The van der Waals surface area contributed by atoms with Gasteiger partial charge in [-0.25, -0.2) is 12.8 Å². The van der Waals surface area contributed by atoms with Gasteiger partial charge in [-0.15, -0.1) is 0 Å². The third-order valence-corrected chi connectivity index (χ3v) is 15.2. The van der Waals surface area contributed by atoms with Crippen molar-refractivity contribution in [3.63, 3.8) is 0 Å². The van der Waals surface area contributed by atoms with Crippen molar-refractivity contribution in [1.29, 1.82) is 0 Å². The average Bonchev–Trinajstić information content (AvgIpc) is 4.08. The standard InChI is InChI=1S/C47H56FN11O4S/c1-64(62,63)59-24-16-33-3-2-4-40(43(33)59)51-45-38-13-19-49-44(38)53-47(54-45)50-34-7-11-41(39(48)29-34)57-22-17-36(18-23-57)56-27-25-55(26-28-56)20-14-31-15-21-58(30-31)35-8-5-32(6-9-35)37-10-12-42(60)52-46(37)61/h2-9,11,13,19,29,31,36-37H,10,12,14-18,20-28,30H2,1H3,(H,52,60,61)(H3,49,50,51,53,54). The molecular weight excluding hydrogens is 834 g/mol. The maximum absolute atomic E-state index is 15.8. The summed E-state index contributed by atoms with van der Waals surface area (Å²) in [5.41, 5.74) is 6.09. The number of H-pyrrole nitrogens is 1. The van der Waals surface area contributed by atoms with Crippen LogP contribution in [0.4, 0.5) is 44.6 Å². The molecule has 2 amide bonds. The molecule has 2 atom stereocenters. The minimum absolute atomic E-state index is 0.181. The van der Waals surface area contributed by atoms with E-state index in [2.05, 4.69) is 69.8 Å². The number of aromatic nitrogens is 3. The van der Waals surface area contributed by atoms with E-state index in [1.165, 1.54) is 35.2 Å². The molecule has 4 N–H and O–H groups in total. The molecule has 0 bridgehead atoms. The lowest BCUT2D eigenvalue weighted by Gasteiger charge is -2.43. The van der Waals surface area contributed by atoms with Crippen LogP contribution in [0, 0.1) is 11.7 Å².